The summed E-state index contributed by atoms with van der Waals surface area (Å²) in [5.41, 5.74) is 3.23. The number of anilines is 1. The molecule has 1 fully saturated rings. The van der Waals surface area contributed by atoms with Crippen LogP contribution in [0.15, 0.2) is 18.2 Å². The van der Waals surface area contributed by atoms with Gasteiger partial charge in [0.2, 0.25) is 0 Å². The molecule has 0 spiro atoms. The second kappa shape index (κ2) is 7.87. The summed E-state index contributed by atoms with van der Waals surface area (Å²) < 4.78 is 0. The lowest BCUT2D eigenvalue weighted by atomic mass is 10.0. The molecule has 0 bridgehead atoms. The minimum absolute atomic E-state index is 0. The van der Waals surface area contributed by atoms with E-state index in [1.807, 2.05) is 18.2 Å². The van der Waals surface area contributed by atoms with E-state index in [0.717, 1.165) is 44.5 Å². The molecular weight excluding hydrogens is 309 g/mol. The van der Waals surface area contributed by atoms with Crippen LogP contribution < -0.4 is 10.6 Å². The van der Waals surface area contributed by atoms with Gasteiger partial charge in [-0.25, -0.2) is 0 Å². The summed E-state index contributed by atoms with van der Waals surface area (Å²) in [6, 6.07) is 6.29. The highest BCUT2D eigenvalue weighted by atomic mass is 35.5. The van der Waals surface area contributed by atoms with Crippen molar-refractivity contribution in [2.24, 2.45) is 0 Å². The Balaban J connectivity index is 0.00000110. The SMILES string of the molecule is CN1CCC(NC(=O)c2ccc3c(c2)CCN3)CC1.Cl.Cl. The monoisotopic (exact) mass is 331 g/mol. The molecule has 2 aliphatic heterocycles. The first-order chi connectivity index (χ1) is 9.22. The van der Waals surface area contributed by atoms with Gasteiger partial charge >= 0.3 is 0 Å². The topological polar surface area (TPSA) is 44.4 Å². The fraction of sp³-hybridized carbons (Fsp3) is 0.533. The maximum absolute atomic E-state index is 12.2. The molecule has 0 radical (unpaired) electrons. The van der Waals surface area contributed by atoms with E-state index in [4.69, 9.17) is 0 Å². The predicted octanol–water partition coefficient (Wildman–Crippen LogP) is 2.32. The molecule has 2 aliphatic rings. The van der Waals surface area contributed by atoms with Crippen molar-refractivity contribution in [2.45, 2.75) is 25.3 Å². The number of hydrogen-bond donors (Lipinski definition) is 2. The standard InChI is InChI=1S/C15H21N3O.2ClH/c1-18-8-5-13(6-9-18)17-15(19)12-2-3-14-11(10-12)4-7-16-14;;/h2-3,10,13,16H,4-9H2,1H3,(H,17,19);2*1H. The van der Waals surface area contributed by atoms with E-state index < -0.39 is 0 Å². The Morgan fingerprint density at radius 3 is 2.71 bits per heavy atom. The average molecular weight is 332 g/mol. The lowest BCUT2D eigenvalue weighted by Crippen LogP contribution is -2.43. The number of likely N-dealkylation sites (tertiary alicyclic amines) is 1. The molecule has 4 nitrogen and oxygen atoms in total. The van der Waals surface area contributed by atoms with Crippen molar-refractivity contribution in [1.82, 2.24) is 10.2 Å². The minimum atomic E-state index is 0. The van der Waals surface area contributed by atoms with Gasteiger partial charge in [-0.2, -0.15) is 0 Å². The van der Waals surface area contributed by atoms with Gasteiger partial charge in [-0.15, -0.1) is 24.8 Å². The van der Waals surface area contributed by atoms with Crippen molar-refractivity contribution in [3.63, 3.8) is 0 Å². The van der Waals surface area contributed by atoms with E-state index in [2.05, 4.69) is 22.6 Å². The van der Waals surface area contributed by atoms with Crippen molar-refractivity contribution in [3.8, 4) is 0 Å². The highest BCUT2D eigenvalue weighted by Crippen LogP contribution is 2.23. The lowest BCUT2D eigenvalue weighted by Gasteiger charge is -2.29. The Bertz CT molecular complexity index is 488. The molecule has 0 aliphatic carbocycles. The van der Waals surface area contributed by atoms with Crippen LogP contribution >= 0.6 is 24.8 Å². The summed E-state index contributed by atoms with van der Waals surface area (Å²) in [6.07, 6.45) is 3.12. The third-order valence-electron chi connectivity index (χ3n) is 4.13. The van der Waals surface area contributed by atoms with Crippen LogP contribution in [0.4, 0.5) is 5.69 Å². The van der Waals surface area contributed by atoms with Crippen LogP contribution in [-0.4, -0.2) is 43.5 Å². The molecule has 2 heterocycles. The number of nitrogens with zero attached hydrogens (tertiary/aromatic N) is 1. The molecule has 0 saturated carbocycles. The fourth-order valence-corrected chi connectivity index (χ4v) is 2.87. The maximum Gasteiger partial charge on any atom is 0.251 e. The Morgan fingerprint density at radius 1 is 1.29 bits per heavy atom. The van der Waals surface area contributed by atoms with E-state index >= 15 is 0 Å². The zero-order valence-electron chi connectivity index (χ0n) is 12.2. The Morgan fingerprint density at radius 2 is 2.00 bits per heavy atom. The molecule has 118 valence electrons. The van der Waals surface area contributed by atoms with Crippen molar-refractivity contribution >= 4 is 36.4 Å². The number of hydrogen-bond acceptors (Lipinski definition) is 3. The summed E-state index contributed by atoms with van der Waals surface area (Å²) in [5.74, 6) is 0.0734. The van der Waals surface area contributed by atoms with Gasteiger partial charge in [0.05, 0.1) is 0 Å². The number of fused-ring (bicyclic) bond motifs is 1. The van der Waals surface area contributed by atoms with E-state index in [1.54, 1.807) is 0 Å². The molecule has 21 heavy (non-hydrogen) atoms. The molecule has 6 heteroatoms. The Labute approximate surface area is 138 Å². The number of rotatable bonds is 2. The van der Waals surface area contributed by atoms with E-state index in [-0.39, 0.29) is 30.7 Å². The summed E-state index contributed by atoms with van der Waals surface area (Å²) in [4.78, 5) is 14.6. The van der Waals surface area contributed by atoms with Crippen LogP contribution in [0.3, 0.4) is 0 Å². The molecule has 0 atom stereocenters. The van der Waals surface area contributed by atoms with Gasteiger partial charge in [-0.1, -0.05) is 0 Å². The number of carbonyl (C=O) groups is 1. The predicted molar refractivity (Wildman–Crippen MR) is 91.1 cm³/mol. The first kappa shape index (κ1) is 18.1. The van der Waals surface area contributed by atoms with Gasteiger partial charge < -0.3 is 15.5 Å². The third-order valence-corrected chi connectivity index (χ3v) is 4.13. The van der Waals surface area contributed by atoms with Crippen LogP contribution in [0, 0.1) is 0 Å². The first-order valence-corrected chi connectivity index (χ1v) is 7.08. The minimum Gasteiger partial charge on any atom is -0.384 e. The fourth-order valence-electron chi connectivity index (χ4n) is 2.87. The largest absolute Gasteiger partial charge is 0.384 e. The molecule has 0 aromatic heterocycles. The molecular formula is C15H23Cl2N3O. The van der Waals surface area contributed by atoms with Crippen LogP contribution in [0.1, 0.15) is 28.8 Å². The first-order valence-electron chi connectivity index (χ1n) is 7.08. The molecule has 1 aromatic carbocycles. The third kappa shape index (κ3) is 4.25. The van der Waals surface area contributed by atoms with Crippen molar-refractivity contribution in [1.29, 1.82) is 0 Å². The second-order valence-corrected chi connectivity index (χ2v) is 5.60. The zero-order valence-corrected chi connectivity index (χ0v) is 13.9. The van der Waals surface area contributed by atoms with Crippen molar-refractivity contribution in [3.05, 3.63) is 29.3 Å². The number of nitrogens with one attached hydrogen (secondary N) is 2. The van der Waals surface area contributed by atoms with Gasteiger partial charge in [0, 0.05) is 23.8 Å². The average Bonchev–Trinajstić information content (AvgIpc) is 2.88. The lowest BCUT2D eigenvalue weighted by molar-refractivity contribution is 0.0917. The molecule has 1 aromatic rings. The highest BCUT2D eigenvalue weighted by molar-refractivity contribution is 5.95. The van der Waals surface area contributed by atoms with Crippen LogP contribution in [0.2, 0.25) is 0 Å². The van der Waals surface area contributed by atoms with Crippen LogP contribution in [-0.2, 0) is 6.42 Å². The van der Waals surface area contributed by atoms with Gasteiger partial charge in [0.1, 0.15) is 0 Å². The van der Waals surface area contributed by atoms with E-state index in [9.17, 15) is 4.79 Å². The number of benzene rings is 1. The smallest absolute Gasteiger partial charge is 0.251 e. The zero-order chi connectivity index (χ0) is 13.2. The summed E-state index contributed by atoms with van der Waals surface area (Å²) in [7, 11) is 2.13. The van der Waals surface area contributed by atoms with Gasteiger partial charge in [0.25, 0.3) is 5.91 Å². The summed E-state index contributed by atoms with van der Waals surface area (Å²) in [6.45, 7) is 3.12. The quantitative estimate of drug-likeness (QED) is 0.874. The molecule has 0 unspecified atom stereocenters. The second-order valence-electron chi connectivity index (χ2n) is 5.60. The van der Waals surface area contributed by atoms with Gasteiger partial charge in [0.15, 0.2) is 0 Å². The molecule has 3 rings (SSSR count). The van der Waals surface area contributed by atoms with Crippen LogP contribution in [0.25, 0.3) is 0 Å². The number of halogens is 2. The summed E-state index contributed by atoms with van der Waals surface area (Å²) in [5, 5.41) is 6.48. The molecule has 1 amide bonds. The number of amides is 1. The summed E-state index contributed by atoms with van der Waals surface area (Å²) >= 11 is 0. The van der Waals surface area contributed by atoms with E-state index in [1.165, 1.54) is 11.3 Å². The Hall–Kier alpha value is -0.970. The van der Waals surface area contributed by atoms with Crippen molar-refractivity contribution < 1.29 is 4.79 Å². The van der Waals surface area contributed by atoms with Crippen LogP contribution in [0.5, 0.6) is 0 Å². The number of piperidine rings is 1. The maximum atomic E-state index is 12.2. The van der Waals surface area contributed by atoms with Gasteiger partial charge in [-0.05, 0) is 63.2 Å². The van der Waals surface area contributed by atoms with Crippen molar-refractivity contribution in [2.75, 3.05) is 32.0 Å². The van der Waals surface area contributed by atoms with E-state index in [0.29, 0.717) is 6.04 Å². The number of carbonyl (C=O) groups excluding carboxylic acids is 1. The normalized spacial score (nSPS) is 18.0. The Kier molecular flexibility index (Phi) is 6.78. The highest BCUT2D eigenvalue weighted by Gasteiger charge is 2.20. The van der Waals surface area contributed by atoms with Gasteiger partial charge in [-0.3, -0.25) is 4.79 Å². The molecule has 1 saturated heterocycles. The molecule has 2 N–H and O–H groups in total.